The highest BCUT2D eigenvalue weighted by molar-refractivity contribution is 5.79. The van der Waals surface area contributed by atoms with Crippen molar-refractivity contribution in [1.29, 1.82) is 0 Å². The monoisotopic (exact) mass is 410 g/mol. The summed E-state index contributed by atoms with van der Waals surface area (Å²) in [7, 11) is 1.89. The van der Waals surface area contributed by atoms with Gasteiger partial charge in [-0.3, -0.25) is 0 Å². The molecule has 0 spiro atoms. The number of hydrogen-bond acceptors (Lipinski definition) is 4. The van der Waals surface area contributed by atoms with Crippen LogP contribution < -0.4 is 10.6 Å². The van der Waals surface area contributed by atoms with Crippen molar-refractivity contribution in [2.24, 2.45) is 12.0 Å². The molecule has 0 unspecified atom stereocenters. The van der Waals surface area contributed by atoms with Gasteiger partial charge in [-0.05, 0) is 18.1 Å². The Labute approximate surface area is 167 Å². The van der Waals surface area contributed by atoms with E-state index in [1.807, 2.05) is 30.7 Å². The van der Waals surface area contributed by atoms with Gasteiger partial charge in [0.05, 0.1) is 19.7 Å². The fourth-order valence-corrected chi connectivity index (χ4v) is 2.31. The highest BCUT2D eigenvalue weighted by Gasteiger charge is 2.27. The Balaban J connectivity index is 1.91. The molecule has 7 nitrogen and oxygen atoms in total. The van der Waals surface area contributed by atoms with E-state index in [1.165, 1.54) is 0 Å². The van der Waals surface area contributed by atoms with Crippen LogP contribution in [0.2, 0.25) is 0 Å². The molecule has 0 amide bonds. The highest BCUT2D eigenvalue weighted by atomic mass is 19.4. The van der Waals surface area contributed by atoms with Crippen molar-refractivity contribution in [3.8, 4) is 0 Å². The molecule has 0 aliphatic heterocycles. The maximum atomic E-state index is 12.1. The first-order valence-corrected chi connectivity index (χ1v) is 8.98. The van der Waals surface area contributed by atoms with Crippen molar-refractivity contribution in [3.63, 3.8) is 0 Å². The Hall–Kier alpha value is -2.88. The fourth-order valence-electron chi connectivity index (χ4n) is 2.31. The van der Waals surface area contributed by atoms with E-state index in [0.29, 0.717) is 31.2 Å². The molecule has 158 valence electrons. The average Bonchev–Trinajstić information content (AvgIpc) is 2.99. The molecule has 0 aliphatic carbocycles. The van der Waals surface area contributed by atoms with Crippen molar-refractivity contribution >= 4 is 5.96 Å². The second-order valence-electron chi connectivity index (χ2n) is 6.33. The number of hydrogen-bond donors (Lipinski definition) is 2. The normalized spacial score (nSPS) is 12.1. The van der Waals surface area contributed by atoms with Crippen LogP contribution in [0.25, 0.3) is 0 Å². The molecule has 0 saturated heterocycles. The summed E-state index contributed by atoms with van der Waals surface area (Å²) in [4.78, 5) is 4.52. The number of nitrogens with one attached hydrogen (secondary N) is 2. The van der Waals surface area contributed by atoms with Crippen molar-refractivity contribution in [2.45, 2.75) is 32.8 Å². The maximum absolute atomic E-state index is 12.1. The molecule has 0 fully saturated rings. The lowest BCUT2D eigenvalue weighted by molar-refractivity contribution is -0.176. The molecule has 0 bridgehead atoms. The molecule has 0 aliphatic rings. The smallest absolute Gasteiger partial charge is 0.367 e. The van der Waals surface area contributed by atoms with Crippen LogP contribution in [0, 0.1) is 6.92 Å². The van der Waals surface area contributed by atoms with Crippen LogP contribution in [0.4, 0.5) is 13.2 Å². The predicted molar refractivity (Wildman–Crippen MR) is 104 cm³/mol. The van der Waals surface area contributed by atoms with Gasteiger partial charge in [0.15, 0.2) is 11.8 Å². The molecule has 1 heterocycles. The molecule has 0 atom stereocenters. The Kier molecular flexibility index (Phi) is 8.20. The molecule has 1 aromatic carbocycles. The summed E-state index contributed by atoms with van der Waals surface area (Å²) in [6, 6.07) is 7.08. The van der Waals surface area contributed by atoms with Crippen LogP contribution in [0.5, 0.6) is 0 Å². The topological polar surface area (TPSA) is 76.4 Å². The van der Waals surface area contributed by atoms with Crippen LogP contribution in [0.1, 0.15) is 22.8 Å². The first-order chi connectivity index (χ1) is 13.8. The number of aliphatic imine (C=N–C) groups is 1. The lowest BCUT2D eigenvalue weighted by Crippen LogP contribution is -2.37. The first-order valence-electron chi connectivity index (χ1n) is 8.98. The molecule has 0 saturated carbocycles. The second kappa shape index (κ2) is 10.6. The first kappa shape index (κ1) is 22.4. The summed E-state index contributed by atoms with van der Waals surface area (Å²) in [5.41, 5.74) is 1.58. The third-order valence-corrected chi connectivity index (χ3v) is 3.99. The number of aromatic nitrogens is 3. The van der Waals surface area contributed by atoms with Gasteiger partial charge in [-0.2, -0.15) is 13.2 Å². The molecule has 2 rings (SSSR count). The number of ether oxygens (including phenoxy) is 1. The van der Waals surface area contributed by atoms with Crippen LogP contribution in [0.3, 0.4) is 0 Å². The average molecular weight is 410 g/mol. The van der Waals surface area contributed by atoms with Gasteiger partial charge in [-0.1, -0.05) is 30.3 Å². The number of guanidine groups is 1. The Morgan fingerprint density at radius 3 is 2.48 bits per heavy atom. The van der Waals surface area contributed by atoms with E-state index in [1.54, 1.807) is 18.2 Å². The van der Waals surface area contributed by atoms with E-state index in [2.05, 4.69) is 37.1 Å². The molecule has 10 heteroatoms. The van der Waals surface area contributed by atoms with Crippen LogP contribution in [-0.2, 0) is 31.5 Å². The number of nitrogens with zero attached hydrogens (tertiary/aromatic N) is 4. The minimum Gasteiger partial charge on any atom is -0.367 e. The molecule has 0 radical (unpaired) electrons. The molecule has 2 aromatic rings. The zero-order valence-electron chi connectivity index (χ0n) is 16.5. The third kappa shape index (κ3) is 7.94. The summed E-state index contributed by atoms with van der Waals surface area (Å²) in [5.74, 6) is 2.18. The fraction of sp³-hybridized carbons (Fsp3) is 0.421. The van der Waals surface area contributed by atoms with E-state index in [-0.39, 0.29) is 6.61 Å². The number of aryl methyl sites for hydroxylation is 1. The summed E-state index contributed by atoms with van der Waals surface area (Å²) in [6.45, 7) is 5.60. The third-order valence-electron chi connectivity index (χ3n) is 3.99. The van der Waals surface area contributed by atoms with E-state index < -0.39 is 12.8 Å². The minimum absolute atomic E-state index is 0.0894. The van der Waals surface area contributed by atoms with Crippen molar-refractivity contribution < 1.29 is 17.9 Å². The highest BCUT2D eigenvalue weighted by Crippen LogP contribution is 2.16. The van der Waals surface area contributed by atoms with E-state index in [9.17, 15) is 13.2 Å². The molecule has 2 N–H and O–H groups in total. The van der Waals surface area contributed by atoms with Gasteiger partial charge < -0.3 is 19.9 Å². The molecular formula is C19H25F3N6O. The maximum Gasteiger partial charge on any atom is 0.411 e. The standard InChI is InChI=1S/C19H25F3N6O/c1-4-9-23-18(25-11-17-27-26-14(2)28(17)3)24-10-15-5-7-16(8-6-15)12-29-13-19(20,21)22/h4-8H,1,9-13H2,2-3H3,(H2,23,24,25). The Morgan fingerprint density at radius 1 is 1.21 bits per heavy atom. The van der Waals surface area contributed by atoms with E-state index in [0.717, 1.165) is 17.2 Å². The van der Waals surface area contributed by atoms with Gasteiger partial charge in [0.1, 0.15) is 12.4 Å². The quantitative estimate of drug-likeness (QED) is 0.378. The second-order valence-corrected chi connectivity index (χ2v) is 6.33. The SMILES string of the molecule is C=CCNC(=NCc1ccc(COCC(F)(F)F)cc1)NCc1nnc(C)n1C. The van der Waals surface area contributed by atoms with Gasteiger partial charge >= 0.3 is 6.18 Å². The lowest BCUT2D eigenvalue weighted by atomic mass is 10.1. The number of alkyl halides is 3. The minimum atomic E-state index is -4.32. The predicted octanol–water partition coefficient (Wildman–Crippen LogP) is 2.62. The molecular weight excluding hydrogens is 385 g/mol. The van der Waals surface area contributed by atoms with Gasteiger partial charge in [-0.15, -0.1) is 16.8 Å². The van der Waals surface area contributed by atoms with Crippen LogP contribution in [0.15, 0.2) is 41.9 Å². The van der Waals surface area contributed by atoms with E-state index in [4.69, 9.17) is 0 Å². The van der Waals surface area contributed by atoms with Gasteiger partial charge in [-0.25, -0.2) is 4.99 Å². The zero-order chi connectivity index (χ0) is 21.3. The van der Waals surface area contributed by atoms with E-state index >= 15 is 0 Å². The van der Waals surface area contributed by atoms with Gasteiger partial charge in [0.2, 0.25) is 0 Å². The summed E-state index contributed by atoms with van der Waals surface area (Å²) in [5, 5.41) is 14.4. The van der Waals surface area contributed by atoms with Gasteiger partial charge in [0, 0.05) is 13.6 Å². The summed E-state index contributed by atoms with van der Waals surface area (Å²) >= 11 is 0. The van der Waals surface area contributed by atoms with Crippen molar-refractivity contribution in [3.05, 3.63) is 59.7 Å². The van der Waals surface area contributed by atoms with Crippen LogP contribution >= 0.6 is 0 Å². The Morgan fingerprint density at radius 2 is 1.90 bits per heavy atom. The molecule has 1 aromatic heterocycles. The van der Waals surface area contributed by atoms with Crippen molar-refractivity contribution in [1.82, 2.24) is 25.4 Å². The zero-order valence-corrected chi connectivity index (χ0v) is 16.5. The Bertz CT molecular complexity index is 814. The summed E-state index contributed by atoms with van der Waals surface area (Å²) < 4.78 is 42.9. The largest absolute Gasteiger partial charge is 0.411 e. The number of halogens is 3. The summed E-state index contributed by atoms with van der Waals surface area (Å²) in [6.07, 6.45) is -2.60. The number of rotatable bonds is 9. The van der Waals surface area contributed by atoms with Gasteiger partial charge in [0.25, 0.3) is 0 Å². The molecule has 29 heavy (non-hydrogen) atoms. The lowest BCUT2D eigenvalue weighted by Gasteiger charge is -2.11. The van der Waals surface area contributed by atoms with Crippen molar-refractivity contribution in [2.75, 3.05) is 13.2 Å². The number of benzene rings is 1. The van der Waals surface area contributed by atoms with Crippen LogP contribution in [-0.4, -0.2) is 40.1 Å².